The van der Waals surface area contributed by atoms with Gasteiger partial charge in [-0.25, -0.2) is 0 Å². The molecule has 0 aliphatic heterocycles. The number of nitrogens with zero attached hydrogens (tertiary/aromatic N) is 1. The minimum Gasteiger partial charge on any atom is -0.508 e. The number of ketones is 1. The molecule has 0 amide bonds. The van der Waals surface area contributed by atoms with E-state index in [-0.39, 0.29) is 11.5 Å². The third-order valence-electron chi connectivity index (χ3n) is 3.65. The lowest BCUT2D eigenvalue weighted by molar-refractivity contribution is 0.0938. The molecular formula is C15H21NO2. The fourth-order valence-electron chi connectivity index (χ4n) is 2.68. The Balaban J connectivity index is 1.84. The van der Waals surface area contributed by atoms with Crippen molar-refractivity contribution in [1.82, 2.24) is 4.90 Å². The van der Waals surface area contributed by atoms with Gasteiger partial charge in [0.2, 0.25) is 0 Å². The minimum atomic E-state index is 0.121. The Labute approximate surface area is 108 Å². The van der Waals surface area contributed by atoms with E-state index in [0.29, 0.717) is 12.1 Å². The van der Waals surface area contributed by atoms with E-state index in [9.17, 15) is 9.90 Å². The molecule has 1 aliphatic carbocycles. The van der Waals surface area contributed by atoms with Crippen LogP contribution >= 0.6 is 0 Å². The largest absolute Gasteiger partial charge is 0.508 e. The van der Waals surface area contributed by atoms with Crippen molar-refractivity contribution in [2.75, 3.05) is 20.1 Å². The van der Waals surface area contributed by atoms with E-state index in [4.69, 9.17) is 0 Å². The van der Waals surface area contributed by atoms with E-state index in [1.54, 1.807) is 24.3 Å². The van der Waals surface area contributed by atoms with Crippen LogP contribution < -0.4 is 0 Å². The molecule has 1 aromatic rings. The molecule has 0 aromatic heterocycles. The zero-order valence-corrected chi connectivity index (χ0v) is 10.9. The Morgan fingerprint density at radius 1 is 1.28 bits per heavy atom. The summed E-state index contributed by atoms with van der Waals surface area (Å²) in [7, 11) is 2.01. The van der Waals surface area contributed by atoms with Gasteiger partial charge in [-0.15, -0.1) is 0 Å². The molecule has 98 valence electrons. The quantitative estimate of drug-likeness (QED) is 0.813. The molecule has 1 saturated carbocycles. The molecule has 0 atom stereocenters. The van der Waals surface area contributed by atoms with Crippen LogP contribution in [0.1, 0.15) is 36.0 Å². The first-order chi connectivity index (χ1) is 8.65. The average molecular weight is 247 g/mol. The van der Waals surface area contributed by atoms with E-state index >= 15 is 0 Å². The van der Waals surface area contributed by atoms with Gasteiger partial charge in [0.15, 0.2) is 5.78 Å². The normalized spacial score (nSPS) is 16.3. The number of carbonyl (C=O) groups excluding carboxylic acids is 1. The maximum absolute atomic E-state index is 12.0. The zero-order valence-electron chi connectivity index (χ0n) is 10.9. The maximum Gasteiger partial charge on any atom is 0.176 e. The molecule has 18 heavy (non-hydrogen) atoms. The Morgan fingerprint density at radius 2 is 1.89 bits per heavy atom. The summed E-state index contributed by atoms with van der Waals surface area (Å²) in [6, 6.07) is 6.48. The van der Waals surface area contributed by atoms with E-state index in [0.717, 1.165) is 12.5 Å². The Hall–Kier alpha value is -1.35. The van der Waals surface area contributed by atoms with Gasteiger partial charge in [0.1, 0.15) is 5.75 Å². The first-order valence-corrected chi connectivity index (χ1v) is 6.66. The number of phenols is 1. The van der Waals surface area contributed by atoms with Crippen LogP contribution in [0.5, 0.6) is 5.75 Å². The van der Waals surface area contributed by atoms with Gasteiger partial charge >= 0.3 is 0 Å². The van der Waals surface area contributed by atoms with E-state index in [2.05, 4.69) is 4.90 Å². The van der Waals surface area contributed by atoms with Crippen molar-refractivity contribution < 1.29 is 9.90 Å². The van der Waals surface area contributed by atoms with Crippen molar-refractivity contribution in [1.29, 1.82) is 0 Å². The number of hydrogen-bond donors (Lipinski definition) is 1. The lowest BCUT2D eigenvalue weighted by atomic mass is 10.1. The number of benzene rings is 1. The fraction of sp³-hybridized carbons (Fsp3) is 0.533. The monoisotopic (exact) mass is 247 g/mol. The molecule has 2 rings (SSSR count). The number of phenolic OH excluding ortho intramolecular Hbond substituents is 1. The van der Waals surface area contributed by atoms with Crippen molar-refractivity contribution in [3.05, 3.63) is 29.8 Å². The smallest absolute Gasteiger partial charge is 0.176 e. The highest BCUT2D eigenvalue weighted by Crippen LogP contribution is 2.25. The Kier molecular flexibility index (Phi) is 4.37. The molecule has 3 heteroatoms. The number of hydrogen-bond acceptors (Lipinski definition) is 3. The Bertz CT molecular complexity index is 393. The van der Waals surface area contributed by atoms with Gasteiger partial charge in [0, 0.05) is 12.1 Å². The molecule has 1 aliphatic rings. The second-order valence-corrected chi connectivity index (χ2v) is 5.32. The van der Waals surface area contributed by atoms with Crippen LogP contribution in [-0.2, 0) is 0 Å². The highest BCUT2D eigenvalue weighted by atomic mass is 16.3. The molecule has 0 bridgehead atoms. The third kappa shape index (κ3) is 3.57. The molecule has 0 saturated heterocycles. The van der Waals surface area contributed by atoms with Crippen LogP contribution in [0.3, 0.4) is 0 Å². The van der Waals surface area contributed by atoms with Gasteiger partial charge in [0.05, 0.1) is 6.54 Å². The van der Waals surface area contributed by atoms with Gasteiger partial charge in [-0.2, -0.15) is 0 Å². The summed E-state index contributed by atoms with van der Waals surface area (Å²) in [5, 5.41) is 9.19. The molecule has 0 spiro atoms. The number of rotatable bonds is 5. The maximum atomic E-state index is 12.0. The number of carbonyl (C=O) groups is 1. The third-order valence-corrected chi connectivity index (χ3v) is 3.65. The van der Waals surface area contributed by atoms with Gasteiger partial charge in [-0.1, -0.05) is 12.8 Å². The van der Waals surface area contributed by atoms with Gasteiger partial charge < -0.3 is 5.11 Å². The average Bonchev–Trinajstić information content (AvgIpc) is 2.82. The minimum absolute atomic E-state index is 0.121. The summed E-state index contributed by atoms with van der Waals surface area (Å²) < 4.78 is 0. The van der Waals surface area contributed by atoms with Gasteiger partial charge in [-0.05, 0) is 50.1 Å². The highest BCUT2D eigenvalue weighted by Gasteiger charge is 2.18. The van der Waals surface area contributed by atoms with E-state index < -0.39 is 0 Å². The molecule has 0 radical (unpaired) electrons. The predicted molar refractivity (Wildman–Crippen MR) is 71.9 cm³/mol. The molecular weight excluding hydrogens is 226 g/mol. The van der Waals surface area contributed by atoms with Crippen LogP contribution in [0, 0.1) is 5.92 Å². The fourth-order valence-corrected chi connectivity index (χ4v) is 2.68. The lowest BCUT2D eigenvalue weighted by Crippen LogP contribution is -2.30. The van der Waals surface area contributed by atoms with Crippen LogP contribution in [0.15, 0.2) is 24.3 Å². The first kappa shape index (κ1) is 13.1. The second-order valence-electron chi connectivity index (χ2n) is 5.32. The summed E-state index contributed by atoms with van der Waals surface area (Å²) in [5.41, 5.74) is 0.672. The summed E-state index contributed by atoms with van der Waals surface area (Å²) in [6.07, 6.45) is 5.28. The number of Topliss-reactive ketones (excluding diaryl/α,β-unsaturated/α-hetero) is 1. The van der Waals surface area contributed by atoms with Crippen molar-refractivity contribution >= 4 is 5.78 Å². The van der Waals surface area contributed by atoms with Crippen LogP contribution in [-0.4, -0.2) is 35.9 Å². The summed E-state index contributed by atoms with van der Waals surface area (Å²) in [5.74, 6) is 1.09. The van der Waals surface area contributed by atoms with Crippen molar-refractivity contribution in [2.45, 2.75) is 25.7 Å². The van der Waals surface area contributed by atoms with Crippen LogP contribution in [0.2, 0.25) is 0 Å². The predicted octanol–water partition coefficient (Wildman–Crippen LogP) is 2.70. The zero-order chi connectivity index (χ0) is 13.0. The lowest BCUT2D eigenvalue weighted by Gasteiger charge is -2.19. The Morgan fingerprint density at radius 3 is 2.50 bits per heavy atom. The SMILES string of the molecule is CN(CC(=O)c1ccc(O)cc1)CC1CCCC1. The van der Waals surface area contributed by atoms with Crippen molar-refractivity contribution in [2.24, 2.45) is 5.92 Å². The molecule has 1 aromatic carbocycles. The van der Waals surface area contributed by atoms with E-state index in [1.807, 2.05) is 7.05 Å². The van der Waals surface area contributed by atoms with Crippen molar-refractivity contribution in [3.8, 4) is 5.75 Å². The van der Waals surface area contributed by atoms with Crippen LogP contribution in [0.25, 0.3) is 0 Å². The summed E-state index contributed by atoms with van der Waals surface area (Å²) in [4.78, 5) is 14.1. The first-order valence-electron chi connectivity index (χ1n) is 6.66. The van der Waals surface area contributed by atoms with Gasteiger partial charge in [0.25, 0.3) is 0 Å². The molecule has 0 unspecified atom stereocenters. The second kappa shape index (κ2) is 6.01. The molecule has 1 fully saturated rings. The molecule has 3 nitrogen and oxygen atoms in total. The van der Waals surface area contributed by atoms with E-state index in [1.165, 1.54) is 25.7 Å². The standard InChI is InChI=1S/C15H21NO2/c1-16(10-12-4-2-3-5-12)11-15(18)13-6-8-14(17)9-7-13/h6-9,12,17H,2-5,10-11H2,1H3. The van der Waals surface area contributed by atoms with Gasteiger partial charge in [-0.3, -0.25) is 9.69 Å². The number of aromatic hydroxyl groups is 1. The summed E-state index contributed by atoms with van der Waals surface area (Å²) in [6.45, 7) is 1.48. The number of likely N-dealkylation sites (N-methyl/N-ethyl adjacent to an activating group) is 1. The molecule has 0 heterocycles. The topological polar surface area (TPSA) is 40.5 Å². The highest BCUT2D eigenvalue weighted by molar-refractivity contribution is 5.97. The van der Waals surface area contributed by atoms with Crippen molar-refractivity contribution in [3.63, 3.8) is 0 Å². The van der Waals surface area contributed by atoms with Crippen LogP contribution in [0.4, 0.5) is 0 Å². The molecule has 1 N–H and O–H groups in total. The summed E-state index contributed by atoms with van der Waals surface area (Å²) >= 11 is 0.